The van der Waals surface area contributed by atoms with E-state index in [2.05, 4.69) is 15.2 Å². The lowest BCUT2D eigenvalue weighted by atomic mass is 10.2. The zero-order chi connectivity index (χ0) is 17.5. The van der Waals surface area contributed by atoms with Gasteiger partial charge in [0.25, 0.3) is 0 Å². The van der Waals surface area contributed by atoms with Crippen LogP contribution in [0.5, 0.6) is 17.2 Å². The zero-order valence-corrected chi connectivity index (χ0v) is 14.9. The Morgan fingerprint density at radius 2 is 1.72 bits per heavy atom. The van der Waals surface area contributed by atoms with Crippen molar-refractivity contribution in [3.63, 3.8) is 0 Å². The van der Waals surface area contributed by atoms with Crippen LogP contribution in [0.2, 0.25) is 0 Å². The van der Waals surface area contributed by atoms with Crippen LogP contribution >= 0.6 is 11.8 Å². The number of thioether (sulfide) groups is 1. The van der Waals surface area contributed by atoms with Gasteiger partial charge < -0.3 is 14.2 Å². The molecule has 0 radical (unpaired) electrons. The predicted molar refractivity (Wildman–Crippen MR) is 97.6 cm³/mol. The average Bonchev–Trinajstić information content (AvgIpc) is 3.14. The van der Waals surface area contributed by atoms with Crippen LogP contribution in [0.1, 0.15) is 0 Å². The van der Waals surface area contributed by atoms with Crippen LogP contribution in [0.25, 0.3) is 11.4 Å². The third-order valence-electron chi connectivity index (χ3n) is 3.47. The van der Waals surface area contributed by atoms with Crippen LogP contribution in [0.15, 0.2) is 53.7 Å². The summed E-state index contributed by atoms with van der Waals surface area (Å²) in [6.45, 7) is 0.539. The number of benzene rings is 2. The molecule has 3 rings (SSSR count). The number of aromatic amines is 1. The van der Waals surface area contributed by atoms with Crippen molar-refractivity contribution in [2.24, 2.45) is 0 Å². The minimum Gasteiger partial charge on any atom is -0.497 e. The van der Waals surface area contributed by atoms with E-state index in [4.69, 9.17) is 14.2 Å². The van der Waals surface area contributed by atoms with Crippen LogP contribution in [-0.2, 0) is 0 Å². The Morgan fingerprint density at radius 3 is 2.44 bits per heavy atom. The van der Waals surface area contributed by atoms with Gasteiger partial charge in [-0.25, -0.2) is 4.98 Å². The van der Waals surface area contributed by atoms with Gasteiger partial charge in [-0.3, -0.25) is 5.10 Å². The van der Waals surface area contributed by atoms with Gasteiger partial charge in [0, 0.05) is 11.3 Å². The molecule has 0 saturated heterocycles. The van der Waals surface area contributed by atoms with Gasteiger partial charge in [-0.05, 0) is 36.4 Å². The van der Waals surface area contributed by atoms with Crippen LogP contribution in [0, 0.1) is 0 Å². The number of aromatic nitrogens is 3. The third kappa shape index (κ3) is 4.45. The second-order valence-corrected chi connectivity index (χ2v) is 6.10. The molecule has 7 heteroatoms. The summed E-state index contributed by atoms with van der Waals surface area (Å²) in [5.41, 5.74) is 0.963. The van der Waals surface area contributed by atoms with Crippen molar-refractivity contribution in [2.75, 3.05) is 26.6 Å². The molecule has 0 atom stereocenters. The van der Waals surface area contributed by atoms with Crippen molar-refractivity contribution in [1.29, 1.82) is 0 Å². The summed E-state index contributed by atoms with van der Waals surface area (Å²) in [6.07, 6.45) is 0. The lowest BCUT2D eigenvalue weighted by Crippen LogP contribution is -2.01. The Labute approximate surface area is 150 Å². The molecule has 0 unspecified atom stereocenters. The molecule has 130 valence electrons. The molecule has 2 aromatic carbocycles. The number of nitrogens with one attached hydrogen (secondary N) is 1. The number of hydrogen-bond acceptors (Lipinski definition) is 6. The Bertz CT molecular complexity index is 805. The molecule has 0 aliphatic rings. The smallest absolute Gasteiger partial charge is 0.208 e. The van der Waals surface area contributed by atoms with Crippen LogP contribution in [-0.4, -0.2) is 41.8 Å². The zero-order valence-electron chi connectivity index (χ0n) is 14.1. The van der Waals surface area contributed by atoms with Gasteiger partial charge in [-0.2, -0.15) is 0 Å². The van der Waals surface area contributed by atoms with E-state index in [1.54, 1.807) is 14.2 Å². The molecule has 25 heavy (non-hydrogen) atoms. The van der Waals surface area contributed by atoms with E-state index in [1.807, 2.05) is 48.5 Å². The van der Waals surface area contributed by atoms with E-state index in [0.29, 0.717) is 11.8 Å². The first-order chi connectivity index (χ1) is 12.3. The number of H-pyrrole nitrogens is 1. The fraction of sp³-hybridized carbons (Fsp3) is 0.222. The summed E-state index contributed by atoms with van der Waals surface area (Å²) in [6, 6.07) is 15.3. The van der Waals surface area contributed by atoms with Gasteiger partial charge in [0.2, 0.25) is 5.16 Å². The minimum atomic E-state index is 0.539. The second kappa shape index (κ2) is 8.43. The first-order valence-electron chi connectivity index (χ1n) is 7.75. The molecule has 0 spiro atoms. The summed E-state index contributed by atoms with van der Waals surface area (Å²) in [4.78, 5) is 4.49. The average molecular weight is 357 g/mol. The molecular weight excluding hydrogens is 338 g/mol. The maximum atomic E-state index is 5.74. The number of nitrogens with zero attached hydrogens (tertiary/aromatic N) is 2. The minimum absolute atomic E-state index is 0.539. The second-order valence-electron chi connectivity index (χ2n) is 5.04. The monoisotopic (exact) mass is 357 g/mol. The molecule has 1 N–H and O–H groups in total. The molecule has 3 aromatic rings. The highest BCUT2D eigenvalue weighted by Crippen LogP contribution is 2.26. The van der Waals surface area contributed by atoms with E-state index < -0.39 is 0 Å². The lowest BCUT2D eigenvalue weighted by molar-refractivity contribution is 0.313. The largest absolute Gasteiger partial charge is 0.497 e. The van der Waals surface area contributed by atoms with E-state index in [0.717, 1.165) is 34.4 Å². The number of ether oxygens (including phenoxy) is 3. The van der Waals surface area contributed by atoms with Crippen molar-refractivity contribution in [3.8, 4) is 28.6 Å². The van der Waals surface area contributed by atoms with Crippen molar-refractivity contribution in [3.05, 3.63) is 48.5 Å². The SMILES string of the molecule is COc1ccc(-c2nc(SCCOc3ccccc3OC)n[nH]2)cc1. The topological polar surface area (TPSA) is 69.3 Å². The Morgan fingerprint density at radius 1 is 0.960 bits per heavy atom. The van der Waals surface area contributed by atoms with Crippen molar-refractivity contribution in [1.82, 2.24) is 15.2 Å². The fourth-order valence-electron chi connectivity index (χ4n) is 2.21. The number of rotatable bonds is 8. The summed E-state index contributed by atoms with van der Waals surface area (Å²) in [5.74, 6) is 3.74. The van der Waals surface area contributed by atoms with Gasteiger partial charge in [-0.1, -0.05) is 23.9 Å². The summed E-state index contributed by atoms with van der Waals surface area (Å²) >= 11 is 1.53. The summed E-state index contributed by atoms with van der Waals surface area (Å²) in [7, 11) is 3.27. The van der Waals surface area contributed by atoms with Crippen LogP contribution in [0.3, 0.4) is 0 Å². The van der Waals surface area contributed by atoms with E-state index in [1.165, 1.54) is 11.8 Å². The van der Waals surface area contributed by atoms with Crippen molar-refractivity contribution in [2.45, 2.75) is 5.16 Å². The number of hydrogen-bond donors (Lipinski definition) is 1. The van der Waals surface area contributed by atoms with Gasteiger partial charge in [0.05, 0.1) is 20.8 Å². The first kappa shape index (κ1) is 17.2. The number of methoxy groups -OCH3 is 2. The lowest BCUT2D eigenvalue weighted by Gasteiger charge is -2.09. The molecule has 6 nitrogen and oxygen atoms in total. The van der Waals surface area contributed by atoms with Crippen molar-refractivity contribution < 1.29 is 14.2 Å². The Kier molecular flexibility index (Phi) is 5.79. The molecule has 1 aromatic heterocycles. The van der Waals surface area contributed by atoms with Crippen molar-refractivity contribution >= 4 is 11.8 Å². The highest BCUT2D eigenvalue weighted by Gasteiger charge is 2.07. The van der Waals surface area contributed by atoms with Gasteiger partial charge in [0.1, 0.15) is 5.75 Å². The maximum absolute atomic E-state index is 5.74. The molecule has 0 aliphatic heterocycles. The van der Waals surface area contributed by atoms with E-state index in [-0.39, 0.29) is 0 Å². The molecule has 0 bridgehead atoms. The number of para-hydroxylation sites is 2. The molecule has 1 heterocycles. The van der Waals surface area contributed by atoms with Crippen LogP contribution < -0.4 is 14.2 Å². The molecule has 0 saturated carbocycles. The highest BCUT2D eigenvalue weighted by molar-refractivity contribution is 7.99. The fourth-order valence-corrected chi connectivity index (χ4v) is 2.83. The summed E-state index contributed by atoms with van der Waals surface area (Å²) < 4.78 is 16.2. The van der Waals surface area contributed by atoms with E-state index >= 15 is 0 Å². The molecule has 0 amide bonds. The standard InChI is InChI=1S/C18H19N3O3S/c1-22-14-9-7-13(8-10-14)17-19-18(21-20-17)25-12-11-24-16-6-4-3-5-15(16)23-2/h3-10H,11-12H2,1-2H3,(H,19,20,21). The summed E-state index contributed by atoms with van der Waals surface area (Å²) in [5, 5.41) is 7.87. The highest BCUT2D eigenvalue weighted by atomic mass is 32.2. The maximum Gasteiger partial charge on any atom is 0.208 e. The van der Waals surface area contributed by atoms with E-state index in [9.17, 15) is 0 Å². The molecule has 0 aliphatic carbocycles. The van der Waals surface area contributed by atoms with Gasteiger partial charge >= 0.3 is 0 Å². The first-order valence-corrected chi connectivity index (χ1v) is 8.74. The Balaban J connectivity index is 1.51. The quantitative estimate of drug-likeness (QED) is 0.490. The normalized spacial score (nSPS) is 10.5. The molecular formula is C18H19N3O3S. The van der Waals surface area contributed by atoms with Gasteiger partial charge in [-0.15, -0.1) is 5.10 Å². The third-order valence-corrected chi connectivity index (χ3v) is 4.28. The Hall–Kier alpha value is -2.67. The van der Waals surface area contributed by atoms with Crippen LogP contribution in [0.4, 0.5) is 0 Å². The predicted octanol–water partition coefficient (Wildman–Crippen LogP) is 3.66. The van der Waals surface area contributed by atoms with Gasteiger partial charge in [0.15, 0.2) is 17.3 Å². The molecule has 0 fully saturated rings.